The summed E-state index contributed by atoms with van der Waals surface area (Å²) in [5.41, 5.74) is 0.838. The zero-order chi connectivity index (χ0) is 20.9. The Morgan fingerprint density at radius 1 is 1.07 bits per heavy atom. The van der Waals surface area contributed by atoms with E-state index in [1.165, 1.54) is 12.8 Å². The Morgan fingerprint density at radius 3 is 2.47 bits per heavy atom. The lowest BCUT2D eigenvalue weighted by Gasteiger charge is -2.33. The summed E-state index contributed by atoms with van der Waals surface area (Å²) in [6.07, 6.45) is 6.44. The van der Waals surface area contributed by atoms with Crippen LogP contribution in [-0.2, 0) is 9.59 Å². The van der Waals surface area contributed by atoms with Crippen LogP contribution in [0.25, 0.3) is 11.0 Å². The minimum absolute atomic E-state index is 0.000232. The number of hydrogen-bond acceptors (Lipinski definition) is 4. The smallest absolute Gasteiger partial charge is 0.234 e. The van der Waals surface area contributed by atoms with Crippen LogP contribution >= 0.6 is 0 Å². The Hall–Kier alpha value is -2.34. The van der Waals surface area contributed by atoms with E-state index < -0.39 is 0 Å². The lowest BCUT2D eigenvalue weighted by atomic mass is 9.95. The SMILES string of the molecule is CC(NC(=O)CN1CCC(C(=O)N2CCCCCC2)CC1)c1cc2ccccc2o1. The molecule has 1 aromatic heterocycles. The maximum Gasteiger partial charge on any atom is 0.234 e. The molecular weight excluding hydrogens is 378 g/mol. The van der Waals surface area contributed by atoms with E-state index in [0.717, 1.165) is 68.6 Å². The number of likely N-dealkylation sites (tertiary alicyclic amines) is 2. The van der Waals surface area contributed by atoms with Crippen molar-refractivity contribution < 1.29 is 14.0 Å². The summed E-state index contributed by atoms with van der Waals surface area (Å²) in [4.78, 5) is 29.6. The standard InChI is InChI=1S/C24H33N3O3/c1-18(22-16-20-8-4-5-9-21(20)30-22)25-23(28)17-26-14-10-19(11-15-26)24(29)27-12-6-2-3-7-13-27/h4-5,8-9,16,18-19H,2-3,6-7,10-15,17H2,1H3,(H,25,28). The highest BCUT2D eigenvalue weighted by Gasteiger charge is 2.29. The molecule has 2 saturated heterocycles. The van der Waals surface area contributed by atoms with E-state index in [1.54, 1.807) is 0 Å². The van der Waals surface area contributed by atoms with Gasteiger partial charge in [0.25, 0.3) is 0 Å². The molecule has 0 saturated carbocycles. The Kier molecular flexibility index (Phi) is 6.72. The molecule has 2 amide bonds. The number of furan rings is 1. The molecule has 2 aliphatic rings. The number of hydrogen-bond donors (Lipinski definition) is 1. The molecule has 0 aliphatic carbocycles. The first-order chi connectivity index (χ1) is 14.6. The van der Waals surface area contributed by atoms with Crippen molar-refractivity contribution >= 4 is 22.8 Å². The van der Waals surface area contributed by atoms with Gasteiger partial charge < -0.3 is 14.6 Å². The van der Waals surface area contributed by atoms with Crippen LogP contribution < -0.4 is 5.32 Å². The molecule has 1 aromatic carbocycles. The highest BCUT2D eigenvalue weighted by Crippen LogP contribution is 2.24. The number of para-hydroxylation sites is 1. The number of piperidine rings is 1. The summed E-state index contributed by atoms with van der Waals surface area (Å²) in [7, 11) is 0. The maximum atomic E-state index is 12.8. The van der Waals surface area contributed by atoms with Crippen LogP contribution in [0, 0.1) is 5.92 Å². The molecule has 0 spiro atoms. The highest BCUT2D eigenvalue weighted by molar-refractivity contribution is 5.80. The Bertz CT molecular complexity index is 828. The third kappa shape index (κ3) is 5.04. The first-order valence-corrected chi connectivity index (χ1v) is 11.4. The average Bonchev–Trinajstić information content (AvgIpc) is 3.00. The van der Waals surface area contributed by atoms with Crippen molar-refractivity contribution in [2.45, 2.75) is 51.5 Å². The minimum atomic E-state index is -0.174. The van der Waals surface area contributed by atoms with Gasteiger partial charge in [-0.2, -0.15) is 0 Å². The summed E-state index contributed by atoms with van der Waals surface area (Å²) in [6.45, 7) is 5.76. The van der Waals surface area contributed by atoms with Gasteiger partial charge >= 0.3 is 0 Å². The van der Waals surface area contributed by atoms with Crippen molar-refractivity contribution in [3.05, 3.63) is 36.1 Å². The van der Waals surface area contributed by atoms with Crippen molar-refractivity contribution in [3.63, 3.8) is 0 Å². The van der Waals surface area contributed by atoms with E-state index in [1.807, 2.05) is 37.3 Å². The molecule has 3 heterocycles. The second-order valence-electron chi connectivity index (χ2n) is 8.77. The van der Waals surface area contributed by atoms with Gasteiger partial charge in [0.05, 0.1) is 12.6 Å². The van der Waals surface area contributed by atoms with E-state index in [-0.39, 0.29) is 17.9 Å². The van der Waals surface area contributed by atoms with Crippen LogP contribution in [0.15, 0.2) is 34.7 Å². The zero-order valence-electron chi connectivity index (χ0n) is 17.9. The van der Waals surface area contributed by atoms with Crippen LogP contribution in [-0.4, -0.2) is 54.3 Å². The Morgan fingerprint density at radius 2 is 1.77 bits per heavy atom. The van der Waals surface area contributed by atoms with Gasteiger partial charge in [-0.3, -0.25) is 14.5 Å². The number of carbonyl (C=O) groups excluding carboxylic acids is 2. The lowest BCUT2D eigenvalue weighted by Crippen LogP contribution is -2.45. The third-order valence-corrected chi connectivity index (χ3v) is 6.47. The van der Waals surface area contributed by atoms with Crippen LogP contribution in [0.1, 0.15) is 57.3 Å². The van der Waals surface area contributed by atoms with E-state index in [9.17, 15) is 9.59 Å². The average molecular weight is 412 g/mol. The number of nitrogens with one attached hydrogen (secondary N) is 1. The topological polar surface area (TPSA) is 65.8 Å². The second kappa shape index (κ2) is 9.65. The molecule has 2 aromatic rings. The van der Waals surface area contributed by atoms with Gasteiger partial charge in [0.15, 0.2) is 0 Å². The summed E-state index contributed by atoms with van der Waals surface area (Å²) in [5.74, 6) is 1.22. The van der Waals surface area contributed by atoms with Crippen LogP contribution in [0.4, 0.5) is 0 Å². The highest BCUT2D eigenvalue weighted by atomic mass is 16.3. The maximum absolute atomic E-state index is 12.8. The van der Waals surface area contributed by atoms with Crippen LogP contribution in [0.5, 0.6) is 0 Å². The summed E-state index contributed by atoms with van der Waals surface area (Å²) < 4.78 is 5.86. The molecule has 162 valence electrons. The van der Waals surface area contributed by atoms with Gasteiger partial charge in [0, 0.05) is 24.4 Å². The molecule has 30 heavy (non-hydrogen) atoms. The fourth-order valence-corrected chi connectivity index (χ4v) is 4.66. The normalized spacial score (nSPS) is 20.1. The molecule has 0 bridgehead atoms. The number of nitrogens with zero attached hydrogens (tertiary/aromatic N) is 2. The van der Waals surface area contributed by atoms with Crippen LogP contribution in [0.3, 0.4) is 0 Å². The van der Waals surface area contributed by atoms with Gasteiger partial charge in [-0.05, 0) is 57.8 Å². The van der Waals surface area contributed by atoms with E-state index >= 15 is 0 Å². The number of amides is 2. The number of fused-ring (bicyclic) bond motifs is 1. The number of rotatable bonds is 5. The lowest BCUT2D eigenvalue weighted by molar-refractivity contribution is -0.137. The van der Waals surface area contributed by atoms with E-state index in [4.69, 9.17) is 4.42 Å². The van der Waals surface area contributed by atoms with Crippen molar-refractivity contribution in [1.82, 2.24) is 15.1 Å². The van der Waals surface area contributed by atoms with Gasteiger partial charge in [-0.25, -0.2) is 0 Å². The Balaban J connectivity index is 1.23. The van der Waals surface area contributed by atoms with Crippen molar-refractivity contribution in [1.29, 1.82) is 0 Å². The first-order valence-electron chi connectivity index (χ1n) is 11.4. The van der Waals surface area contributed by atoms with E-state index in [0.29, 0.717) is 12.5 Å². The molecule has 0 radical (unpaired) electrons. The van der Waals surface area contributed by atoms with Gasteiger partial charge in [-0.1, -0.05) is 31.0 Å². The number of benzene rings is 1. The third-order valence-electron chi connectivity index (χ3n) is 6.47. The Labute approximate surface area is 178 Å². The molecule has 1 atom stereocenters. The van der Waals surface area contributed by atoms with Gasteiger partial charge in [0.2, 0.25) is 11.8 Å². The molecular formula is C24H33N3O3. The van der Waals surface area contributed by atoms with Gasteiger partial charge in [-0.15, -0.1) is 0 Å². The predicted molar refractivity (Wildman–Crippen MR) is 117 cm³/mol. The molecule has 6 nitrogen and oxygen atoms in total. The van der Waals surface area contributed by atoms with Crippen LogP contribution in [0.2, 0.25) is 0 Å². The van der Waals surface area contributed by atoms with Crippen molar-refractivity contribution in [2.75, 3.05) is 32.7 Å². The summed E-state index contributed by atoms with van der Waals surface area (Å²) in [5, 5.41) is 4.09. The molecule has 2 aliphatic heterocycles. The largest absolute Gasteiger partial charge is 0.459 e. The van der Waals surface area contributed by atoms with Gasteiger partial charge in [0.1, 0.15) is 11.3 Å². The summed E-state index contributed by atoms with van der Waals surface area (Å²) >= 11 is 0. The quantitative estimate of drug-likeness (QED) is 0.814. The fourth-order valence-electron chi connectivity index (χ4n) is 4.66. The first kappa shape index (κ1) is 20.9. The molecule has 4 rings (SSSR count). The monoisotopic (exact) mass is 411 g/mol. The summed E-state index contributed by atoms with van der Waals surface area (Å²) in [6, 6.07) is 9.68. The van der Waals surface area contributed by atoms with Crippen molar-refractivity contribution in [2.24, 2.45) is 5.92 Å². The molecule has 1 N–H and O–H groups in total. The fraction of sp³-hybridized carbons (Fsp3) is 0.583. The second-order valence-corrected chi connectivity index (χ2v) is 8.77. The minimum Gasteiger partial charge on any atom is -0.459 e. The molecule has 1 unspecified atom stereocenters. The predicted octanol–water partition coefficient (Wildman–Crippen LogP) is 3.72. The number of carbonyl (C=O) groups is 2. The van der Waals surface area contributed by atoms with E-state index in [2.05, 4.69) is 15.1 Å². The molecule has 6 heteroatoms. The van der Waals surface area contributed by atoms with Crippen molar-refractivity contribution in [3.8, 4) is 0 Å². The zero-order valence-corrected chi connectivity index (χ0v) is 17.9. The molecule has 2 fully saturated rings.